The summed E-state index contributed by atoms with van der Waals surface area (Å²) < 4.78 is 15.0. The van der Waals surface area contributed by atoms with E-state index in [9.17, 15) is 9.90 Å². The highest BCUT2D eigenvalue weighted by Crippen LogP contribution is 2.43. The molecule has 8 nitrogen and oxygen atoms in total. The van der Waals surface area contributed by atoms with Gasteiger partial charge in [0.25, 0.3) is 0 Å². The van der Waals surface area contributed by atoms with Crippen molar-refractivity contribution in [2.45, 2.75) is 52.0 Å². The molecule has 4 aromatic rings. The number of hydrogen-bond acceptors (Lipinski definition) is 5. The quantitative estimate of drug-likeness (QED) is 0.197. The van der Waals surface area contributed by atoms with Crippen LogP contribution in [0.4, 0.5) is 4.79 Å². The number of carbonyl (C=O) groups is 1. The summed E-state index contributed by atoms with van der Waals surface area (Å²) in [7, 11) is 0. The number of carbonyl (C=O) groups excluding carboxylic acids is 1. The smallest absolute Gasteiger partial charge is 0.315 e. The minimum Gasteiger partial charge on any atom is -0.392 e. The molecule has 0 bridgehead atoms. The summed E-state index contributed by atoms with van der Waals surface area (Å²) in [5, 5.41) is 15.8. The van der Waals surface area contributed by atoms with Crippen molar-refractivity contribution < 1.29 is 19.4 Å². The van der Waals surface area contributed by atoms with Crippen molar-refractivity contribution >= 4 is 29.2 Å². The lowest BCUT2D eigenvalue weighted by Crippen LogP contribution is -2.39. The Morgan fingerprint density at radius 3 is 2.38 bits per heavy atom. The van der Waals surface area contributed by atoms with Crippen molar-refractivity contribution in [2.75, 3.05) is 6.54 Å². The highest BCUT2D eigenvalue weighted by molar-refractivity contribution is 6.40. The molecular formula is C32H34Cl2N4O4. The van der Waals surface area contributed by atoms with Crippen LogP contribution in [-0.2, 0) is 29.2 Å². The molecule has 1 aliphatic heterocycles. The van der Waals surface area contributed by atoms with Gasteiger partial charge in [-0.3, -0.25) is 0 Å². The van der Waals surface area contributed by atoms with Crippen LogP contribution < -0.4 is 10.6 Å². The summed E-state index contributed by atoms with van der Waals surface area (Å²) in [6, 6.07) is 23.8. The molecule has 1 saturated heterocycles. The number of hydrogen-bond donors (Lipinski definition) is 3. The number of urea groups is 1. The Hall–Kier alpha value is -3.40. The second kappa shape index (κ2) is 13.7. The number of nitrogens with zero attached hydrogens (tertiary/aromatic N) is 2. The van der Waals surface area contributed by atoms with Crippen molar-refractivity contribution in [1.29, 1.82) is 0 Å². The molecule has 3 aromatic carbocycles. The van der Waals surface area contributed by atoms with E-state index in [4.69, 9.17) is 32.7 Å². The fourth-order valence-electron chi connectivity index (χ4n) is 5.12. The molecule has 4 atom stereocenters. The lowest BCUT2D eigenvalue weighted by Gasteiger charge is -2.41. The normalized spacial score (nSPS) is 20.3. The zero-order valence-electron chi connectivity index (χ0n) is 23.5. The van der Waals surface area contributed by atoms with Crippen LogP contribution in [0.15, 0.2) is 79.1 Å². The van der Waals surface area contributed by atoms with Gasteiger partial charge in [-0.2, -0.15) is 0 Å². The van der Waals surface area contributed by atoms with Gasteiger partial charge in [-0.05, 0) is 46.9 Å². The number of aromatic nitrogens is 2. The first-order valence-electron chi connectivity index (χ1n) is 13.9. The van der Waals surface area contributed by atoms with Crippen LogP contribution in [0.1, 0.15) is 48.5 Å². The maximum Gasteiger partial charge on any atom is 0.315 e. The molecular weight excluding hydrogens is 575 g/mol. The van der Waals surface area contributed by atoms with E-state index < -0.39 is 6.29 Å². The molecule has 3 N–H and O–H groups in total. The van der Waals surface area contributed by atoms with Crippen LogP contribution in [0.3, 0.4) is 0 Å². The largest absolute Gasteiger partial charge is 0.392 e. The van der Waals surface area contributed by atoms with Gasteiger partial charge in [0.1, 0.15) is 5.15 Å². The standard InChI is InChI=1S/C32H34Cl2N4O4/c1-3-35-32(40)36-16-22-6-4-7-24(14-22)25-8-5-9-26(15-25)31-41-27(17-38-19-37-29(33)30(38)34)20(2)28(42-31)23-12-10-21(18-39)11-13-23/h4-15,19-20,27-28,31,39H,3,16-18H2,1-2H3,(H2,35,36,40)/t20-,27+,28+,31+/m0/s1. The Bertz CT molecular complexity index is 1510. The molecule has 0 radical (unpaired) electrons. The number of amides is 2. The molecule has 42 heavy (non-hydrogen) atoms. The van der Waals surface area contributed by atoms with Gasteiger partial charge in [-0.15, -0.1) is 0 Å². The van der Waals surface area contributed by atoms with Crippen LogP contribution in [0.2, 0.25) is 10.3 Å². The molecule has 10 heteroatoms. The third-order valence-electron chi connectivity index (χ3n) is 7.44. The summed E-state index contributed by atoms with van der Waals surface area (Å²) in [4.78, 5) is 16.0. The van der Waals surface area contributed by atoms with E-state index in [2.05, 4.69) is 34.7 Å². The predicted molar refractivity (Wildman–Crippen MR) is 163 cm³/mol. The van der Waals surface area contributed by atoms with Gasteiger partial charge in [0.05, 0.1) is 31.7 Å². The summed E-state index contributed by atoms with van der Waals surface area (Å²) in [5.41, 5.74) is 5.72. The van der Waals surface area contributed by atoms with E-state index in [1.165, 1.54) is 0 Å². The van der Waals surface area contributed by atoms with Crippen LogP contribution in [0.25, 0.3) is 11.1 Å². The van der Waals surface area contributed by atoms with Crippen molar-refractivity contribution in [3.63, 3.8) is 0 Å². The molecule has 2 heterocycles. The van der Waals surface area contributed by atoms with E-state index in [0.717, 1.165) is 33.4 Å². The molecule has 1 aromatic heterocycles. The lowest BCUT2D eigenvalue weighted by atomic mass is 9.90. The summed E-state index contributed by atoms with van der Waals surface area (Å²) in [6.45, 7) is 5.39. The molecule has 1 fully saturated rings. The number of aliphatic hydroxyl groups is 1. The number of aliphatic hydroxyl groups excluding tert-OH is 1. The number of imidazole rings is 1. The molecule has 0 saturated carbocycles. The molecule has 5 rings (SSSR count). The number of benzene rings is 3. The summed E-state index contributed by atoms with van der Waals surface area (Å²) >= 11 is 12.5. The fourth-order valence-corrected chi connectivity index (χ4v) is 5.44. The molecule has 1 aliphatic rings. The molecule has 0 aliphatic carbocycles. The van der Waals surface area contributed by atoms with Gasteiger partial charge in [0.2, 0.25) is 0 Å². The number of rotatable bonds is 9. The van der Waals surface area contributed by atoms with E-state index >= 15 is 0 Å². The average Bonchev–Trinajstić information content (AvgIpc) is 3.33. The van der Waals surface area contributed by atoms with Crippen molar-refractivity contribution in [3.05, 3.63) is 112 Å². The Morgan fingerprint density at radius 1 is 0.952 bits per heavy atom. The second-order valence-corrected chi connectivity index (χ2v) is 11.1. The van der Waals surface area contributed by atoms with Gasteiger partial charge in [-0.1, -0.05) is 90.8 Å². The van der Waals surface area contributed by atoms with Crippen LogP contribution in [0, 0.1) is 5.92 Å². The molecule has 0 spiro atoms. The number of halogens is 2. The van der Waals surface area contributed by atoms with Crippen LogP contribution in [0.5, 0.6) is 0 Å². The number of nitrogens with one attached hydrogen (secondary N) is 2. The molecule has 0 unspecified atom stereocenters. The Morgan fingerprint density at radius 2 is 1.69 bits per heavy atom. The van der Waals surface area contributed by atoms with Crippen molar-refractivity contribution in [1.82, 2.24) is 20.2 Å². The number of ether oxygens (including phenoxy) is 2. The fraction of sp³-hybridized carbons (Fsp3) is 0.312. The van der Waals surface area contributed by atoms with Crippen LogP contribution in [-0.4, -0.2) is 33.3 Å². The SMILES string of the molecule is CCNC(=O)NCc1cccc(-c2cccc([C@@H]3O[C@H](Cn4cnc(Cl)c4Cl)[C@H](C)[C@H](c4ccc(CO)cc4)O3)c2)c1. The zero-order chi connectivity index (χ0) is 29.6. The van der Waals surface area contributed by atoms with Crippen molar-refractivity contribution in [3.8, 4) is 11.1 Å². The first-order chi connectivity index (χ1) is 20.4. The van der Waals surface area contributed by atoms with Crippen molar-refractivity contribution in [2.24, 2.45) is 5.92 Å². The minimum absolute atomic E-state index is 0.0222. The van der Waals surface area contributed by atoms with Crippen LogP contribution >= 0.6 is 23.2 Å². The first kappa shape index (κ1) is 30.1. The topological polar surface area (TPSA) is 97.6 Å². The van der Waals surface area contributed by atoms with Gasteiger partial charge < -0.3 is 29.8 Å². The molecule has 220 valence electrons. The van der Waals surface area contributed by atoms with E-state index in [-0.39, 0.29) is 35.9 Å². The summed E-state index contributed by atoms with van der Waals surface area (Å²) in [5.74, 6) is -0.0317. The minimum atomic E-state index is -0.644. The maximum atomic E-state index is 11.9. The Labute approximate surface area is 255 Å². The van der Waals surface area contributed by atoms with E-state index in [1.807, 2.05) is 67.6 Å². The van der Waals surface area contributed by atoms with Gasteiger partial charge in [0.15, 0.2) is 11.4 Å². The van der Waals surface area contributed by atoms with Gasteiger partial charge >= 0.3 is 6.03 Å². The third kappa shape index (κ3) is 6.97. The van der Waals surface area contributed by atoms with Gasteiger partial charge in [-0.25, -0.2) is 9.78 Å². The van der Waals surface area contributed by atoms with E-state index in [0.29, 0.717) is 24.8 Å². The van der Waals surface area contributed by atoms with E-state index in [1.54, 1.807) is 10.9 Å². The average molecular weight is 610 g/mol. The lowest BCUT2D eigenvalue weighted by molar-refractivity contribution is -0.276. The highest BCUT2D eigenvalue weighted by Gasteiger charge is 2.39. The first-order valence-corrected chi connectivity index (χ1v) is 14.7. The second-order valence-electron chi connectivity index (χ2n) is 10.3. The molecule has 2 amide bonds. The Balaban J connectivity index is 1.42. The summed E-state index contributed by atoms with van der Waals surface area (Å²) in [6.07, 6.45) is 0.437. The zero-order valence-corrected chi connectivity index (χ0v) is 25.0. The highest BCUT2D eigenvalue weighted by atomic mass is 35.5. The maximum absolute atomic E-state index is 11.9. The van der Waals surface area contributed by atoms with Gasteiger partial charge in [0, 0.05) is 24.6 Å². The Kier molecular flexibility index (Phi) is 9.82. The third-order valence-corrected chi connectivity index (χ3v) is 8.21. The predicted octanol–water partition coefficient (Wildman–Crippen LogP) is 6.66. The monoisotopic (exact) mass is 608 g/mol.